The molecule has 0 fully saturated rings. The van der Waals surface area contributed by atoms with Crippen molar-refractivity contribution in [1.29, 1.82) is 0 Å². The van der Waals surface area contributed by atoms with Crippen LogP contribution >= 0.6 is 11.3 Å². The van der Waals surface area contributed by atoms with Crippen molar-refractivity contribution in [2.75, 3.05) is 11.9 Å². The van der Waals surface area contributed by atoms with Crippen molar-refractivity contribution < 1.29 is 22.4 Å². The molecule has 6 nitrogen and oxygen atoms in total. The monoisotopic (exact) mass is 457 g/mol. The molecule has 3 aromatic heterocycles. The number of anilines is 1. The van der Waals surface area contributed by atoms with Gasteiger partial charge in [0.1, 0.15) is 10.7 Å². The van der Waals surface area contributed by atoms with Gasteiger partial charge in [-0.25, -0.2) is 14.4 Å². The second kappa shape index (κ2) is 10.5. The van der Waals surface area contributed by atoms with E-state index in [1.54, 1.807) is 6.92 Å². The van der Waals surface area contributed by atoms with Crippen LogP contribution in [0.4, 0.5) is 23.5 Å². The molecule has 0 aliphatic rings. The number of fused-ring (bicyclic) bond motifs is 1. The molecule has 0 unspecified atom stereocenters. The molecule has 0 spiro atoms. The van der Waals surface area contributed by atoms with Gasteiger partial charge in [-0.1, -0.05) is 20.8 Å². The molecule has 0 aliphatic heterocycles. The Labute approximate surface area is 181 Å². The number of hydrogen-bond donors (Lipinski definition) is 2. The summed E-state index contributed by atoms with van der Waals surface area (Å²) in [7, 11) is 0. The highest BCUT2D eigenvalue weighted by Crippen LogP contribution is 2.38. The van der Waals surface area contributed by atoms with Gasteiger partial charge in [0.25, 0.3) is 5.91 Å². The molecule has 0 saturated carbocycles. The third-order valence-corrected chi connectivity index (χ3v) is 5.15. The van der Waals surface area contributed by atoms with E-state index in [0.29, 0.717) is 29.9 Å². The van der Waals surface area contributed by atoms with E-state index in [-0.39, 0.29) is 21.9 Å². The molecule has 0 saturated heterocycles. The molecule has 11 heteroatoms. The first-order valence-corrected chi connectivity index (χ1v) is 10.5. The molecule has 2 N–H and O–H groups in total. The number of hydrogen-bond acceptors (Lipinski definition) is 6. The van der Waals surface area contributed by atoms with Crippen molar-refractivity contribution in [3.05, 3.63) is 46.5 Å². The molecule has 0 bridgehead atoms. The van der Waals surface area contributed by atoms with E-state index < -0.39 is 28.8 Å². The number of pyridine rings is 1. The van der Waals surface area contributed by atoms with Crippen LogP contribution in [0.2, 0.25) is 0 Å². The highest BCUT2D eigenvalue weighted by atomic mass is 32.1. The fraction of sp³-hybridized carbons (Fsp3) is 0.400. The van der Waals surface area contributed by atoms with Crippen LogP contribution in [0.5, 0.6) is 0 Å². The molecular weight excluding hydrogens is 434 g/mol. The van der Waals surface area contributed by atoms with E-state index in [1.165, 1.54) is 12.3 Å². The Morgan fingerprint density at radius 1 is 1.19 bits per heavy atom. The van der Waals surface area contributed by atoms with E-state index in [9.17, 15) is 22.4 Å². The smallest absolute Gasteiger partial charge is 0.351 e. The fourth-order valence-corrected chi connectivity index (χ4v) is 3.50. The van der Waals surface area contributed by atoms with E-state index in [1.807, 2.05) is 20.8 Å². The number of nitrogens with zero attached hydrogens (tertiary/aromatic N) is 3. The van der Waals surface area contributed by atoms with Crippen LogP contribution in [0, 0.1) is 5.82 Å². The van der Waals surface area contributed by atoms with Crippen molar-refractivity contribution >= 4 is 33.4 Å². The minimum absolute atomic E-state index is 0.00559. The number of halogens is 4. The second-order valence-electron chi connectivity index (χ2n) is 6.28. The number of aromatic nitrogens is 3. The van der Waals surface area contributed by atoms with Crippen molar-refractivity contribution in [2.24, 2.45) is 0 Å². The van der Waals surface area contributed by atoms with Crippen molar-refractivity contribution in [2.45, 2.75) is 46.3 Å². The maximum absolute atomic E-state index is 13.4. The molecule has 0 radical (unpaired) electrons. The Kier molecular flexibility index (Phi) is 8.26. The number of alkyl halides is 3. The Morgan fingerprint density at radius 3 is 2.52 bits per heavy atom. The van der Waals surface area contributed by atoms with Gasteiger partial charge in [0.2, 0.25) is 5.95 Å². The summed E-state index contributed by atoms with van der Waals surface area (Å²) in [4.78, 5) is 23.6. The van der Waals surface area contributed by atoms with Gasteiger partial charge >= 0.3 is 6.18 Å². The summed E-state index contributed by atoms with van der Waals surface area (Å²) in [6.45, 7) is 7.90. The number of rotatable bonds is 6. The molecule has 0 aliphatic carbocycles. The van der Waals surface area contributed by atoms with E-state index >= 15 is 0 Å². The molecular formula is C20H23F4N5OS. The number of thiophene rings is 1. The molecule has 168 valence electrons. The van der Waals surface area contributed by atoms with Gasteiger partial charge < -0.3 is 10.6 Å². The zero-order valence-corrected chi connectivity index (χ0v) is 18.3. The largest absolute Gasteiger partial charge is 0.425 e. The van der Waals surface area contributed by atoms with Gasteiger partial charge in [0.05, 0.1) is 22.5 Å². The van der Waals surface area contributed by atoms with E-state index in [0.717, 1.165) is 12.3 Å². The first-order valence-electron chi connectivity index (χ1n) is 9.73. The summed E-state index contributed by atoms with van der Waals surface area (Å²) in [5.74, 6) is -1.15. The normalized spacial score (nSPS) is 12.1. The summed E-state index contributed by atoms with van der Waals surface area (Å²) in [6.07, 6.45) is -1.40. The Hall–Kier alpha value is -2.82. The molecule has 3 aromatic rings. The van der Waals surface area contributed by atoms with Gasteiger partial charge in [-0.2, -0.15) is 13.2 Å². The first-order chi connectivity index (χ1) is 14.7. The predicted octanol–water partition coefficient (Wildman–Crippen LogP) is 5.58. The van der Waals surface area contributed by atoms with Gasteiger partial charge in [0.15, 0.2) is 5.69 Å². The minimum Gasteiger partial charge on any atom is -0.351 e. The third-order valence-electron chi connectivity index (χ3n) is 3.97. The number of amides is 1. The Morgan fingerprint density at radius 2 is 1.90 bits per heavy atom. The fourth-order valence-electron chi connectivity index (χ4n) is 2.55. The zero-order chi connectivity index (χ0) is 23.2. The lowest BCUT2D eigenvalue weighted by molar-refractivity contribution is -0.134. The molecule has 1 atom stereocenters. The van der Waals surface area contributed by atoms with Crippen molar-refractivity contribution in [3.63, 3.8) is 0 Å². The number of carbonyl (C=O) groups excluding carboxylic acids is 1. The summed E-state index contributed by atoms with van der Waals surface area (Å²) in [5, 5.41) is 5.51. The molecule has 1 amide bonds. The quantitative estimate of drug-likeness (QED) is 0.472. The Balaban J connectivity index is 0.00000166. The van der Waals surface area contributed by atoms with E-state index in [2.05, 4.69) is 25.6 Å². The third kappa shape index (κ3) is 6.09. The van der Waals surface area contributed by atoms with Gasteiger partial charge in [-0.15, -0.1) is 11.3 Å². The number of nitrogens with one attached hydrogen (secondary N) is 2. The Bertz CT molecular complexity index is 1040. The lowest BCUT2D eigenvalue weighted by Gasteiger charge is -2.15. The summed E-state index contributed by atoms with van der Waals surface area (Å²) >= 11 is 0.420. The first kappa shape index (κ1) is 24.4. The highest BCUT2D eigenvalue weighted by Gasteiger charge is 2.34. The topological polar surface area (TPSA) is 79.8 Å². The maximum Gasteiger partial charge on any atom is 0.425 e. The predicted molar refractivity (Wildman–Crippen MR) is 113 cm³/mol. The SMILES string of the molecule is CC.CCCNC(=O)c1nc(N[C@@H](C)c2cncc(F)c2)nc2cc(C(F)(F)F)sc12. The van der Waals surface area contributed by atoms with Crippen LogP contribution in [0.3, 0.4) is 0 Å². The standard InChI is InChI=1S/C18H17F4N5OS.C2H6/c1-3-4-24-16(28)14-15-12(6-13(29-15)18(20,21)22)26-17(27-14)25-9(2)10-5-11(19)8-23-7-10;1-2/h5-9H,3-4H2,1-2H3,(H,24,28)(H,25,26,27);1-2H3/t9-;/m0./s1. The summed E-state index contributed by atoms with van der Waals surface area (Å²) in [6, 6.07) is 1.66. The van der Waals surface area contributed by atoms with Crippen LogP contribution in [0.25, 0.3) is 10.2 Å². The molecule has 0 aromatic carbocycles. The average molecular weight is 457 g/mol. The summed E-state index contributed by atoms with van der Waals surface area (Å²) < 4.78 is 52.9. The second-order valence-corrected chi connectivity index (χ2v) is 7.33. The summed E-state index contributed by atoms with van der Waals surface area (Å²) in [5.41, 5.74) is 0.356. The van der Waals surface area contributed by atoms with Gasteiger partial charge in [-0.3, -0.25) is 9.78 Å². The van der Waals surface area contributed by atoms with Crippen LogP contribution in [-0.2, 0) is 6.18 Å². The minimum atomic E-state index is -4.56. The van der Waals surface area contributed by atoms with Crippen molar-refractivity contribution in [1.82, 2.24) is 20.3 Å². The zero-order valence-electron chi connectivity index (χ0n) is 17.5. The molecule has 3 heterocycles. The van der Waals surface area contributed by atoms with Crippen molar-refractivity contribution in [3.8, 4) is 0 Å². The van der Waals surface area contributed by atoms with Gasteiger partial charge in [-0.05, 0) is 31.0 Å². The lowest BCUT2D eigenvalue weighted by atomic mass is 10.1. The number of carbonyl (C=O) groups is 1. The lowest BCUT2D eigenvalue weighted by Crippen LogP contribution is -2.25. The highest BCUT2D eigenvalue weighted by molar-refractivity contribution is 7.19. The maximum atomic E-state index is 13.4. The van der Waals surface area contributed by atoms with Gasteiger partial charge in [0, 0.05) is 12.7 Å². The van der Waals surface area contributed by atoms with E-state index in [4.69, 9.17) is 0 Å². The average Bonchev–Trinajstić information content (AvgIpc) is 3.17. The van der Waals surface area contributed by atoms with Crippen LogP contribution in [-0.4, -0.2) is 27.4 Å². The van der Waals surface area contributed by atoms with Crippen LogP contribution < -0.4 is 10.6 Å². The molecule has 3 rings (SSSR count). The van der Waals surface area contributed by atoms with Crippen LogP contribution in [0.1, 0.15) is 61.1 Å². The molecule has 31 heavy (non-hydrogen) atoms. The van der Waals surface area contributed by atoms with Crippen LogP contribution in [0.15, 0.2) is 24.5 Å².